The molecule has 1 heterocycles. The van der Waals surface area contributed by atoms with Crippen LogP contribution >= 0.6 is 0 Å². The number of carbonyl (C=O) groups is 2. The average molecular weight is 273 g/mol. The molecule has 2 atom stereocenters. The lowest BCUT2D eigenvalue weighted by atomic mass is 9.92. The Kier molecular flexibility index (Phi) is 5.17. The maximum atomic E-state index is 12.1. The number of aliphatic hydroxyl groups is 1. The molecule has 2 unspecified atom stereocenters. The van der Waals surface area contributed by atoms with E-state index in [1.54, 1.807) is 20.8 Å². The first-order valence-corrected chi connectivity index (χ1v) is 6.46. The van der Waals surface area contributed by atoms with Crippen molar-refractivity contribution in [3.8, 4) is 0 Å². The third-order valence-electron chi connectivity index (χ3n) is 3.07. The second-order valence-electron chi connectivity index (χ2n) is 5.79. The summed E-state index contributed by atoms with van der Waals surface area (Å²) < 4.78 is 10.0. The molecular weight excluding hydrogens is 250 g/mol. The van der Waals surface area contributed by atoms with Crippen LogP contribution in [0.4, 0.5) is 4.79 Å². The number of nitrogens with zero attached hydrogens (tertiary/aromatic N) is 1. The molecule has 6 nitrogen and oxygen atoms in total. The number of hydrogen-bond donors (Lipinski definition) is 1. The van der Waals surface area contributed by atoms with Crippen LogP contribution in [0.2, 0.25) is 0 Å². The molecule has 1 N–H and O–H groups in total. The molecule has 6 heteroatoms. The van der Waals surface area contributed by atoms with Crippen molar-refractivity contribution in [2.24, 2.45) is 5.92 Å². The molecule has 1 rings (SSSR count). The van der Waals surface area contributed by atoms with Crippen LogP contribution in [0.25, 0.3) is 0 Å². The van der Waals surface area contributed by atoms with Gasteiger partial charge in [-0.1, -0.05) is 0 Å². The van der Waals surface area contributed by atoms with Gasteiger partial charge in [-0.25, -0.2) is 9.59 Å². The first kappa shape index (κ1) is 15.8. The Hall–Kier alpha value is -1.30. The summed E-state index contributed by atoms with van der Waals surface area (Å²) in [6, 6.07) is -0.675. The SMILES string of the molecule is COC(=O)C1CC(CO)CCN1C(=O)OC(C)(C)C. The largest absolute Gasteiger partial charge is 0.467 e. The van der Waals surface area contributed by atoms with Gasteiger partial charge in [0.2, 0.25) is 0 Å². The quantitative estimate of drug-likeness (QED) is 0.764. The minimum atomic E-state index is -0.675. The number of aliphatic hydroxyl groups excluding tert-OH is 1. The van der Waals surface area contributed by atoms with E-state index in [9.17, 15) is 14.7 Å². The number of carbonyl (C=O) groups excluding carboxylic acids is 2. The summed E-state index contributed by atoms with van der Waals surface area (Å²) in [7, 11) is 1.29. The maximum absolute atomic E-state index is 12.1. The van der Waals surface area contributed by atoms with E-state index >= 15 is 0 Å². The number of hydrogen-bond acceptors (Lipinski definition) is 5. The van der Waals surface area contributed by atoms with E-state index in [2.05, 4.69) is 0 Å². The maximum Gasteiger partial charge on any atom is 0.411 e. The Morgan fingerprint density at radius 1 is 1.37 bits per heavy atom. The topological polar surface area (TPSA) is 76.1 Å². The highest BCUT2D eigenvalue weighted by Crippen LogP contribution is 2.25. The summed E-state index contributed by atoms with van der Waals surface area (Å²) in [6.45, 7) is 5.73. The lowest BCUT2D eigenvalue weighted by molar-refractivity contribution is -0.149. The number of rotatable bonds is 2. The molecular formula is C13H23NO5. The molecule has 1 amide bonds. The van der Waals surface area contributed by atoms with Gasteiger partial charge in [-0.15, -0.1) is 0 Å². The Bertz CT molecular complexity index is 336. The molecule has 0 saturated carbocycles. The van der Waals surface area contributed by atoms with Crippen molar-refractivity contribution in [2.75, 3.05) is 20.3 Å². The van der Waals surface area contributed by atoms with Crippen LogP contribution < -0.4 is 0 Å². The number of methoxy groups -OCH3 is 1. The van der Waals surface area contributed by atoms with Crippen LogP contribution in [-0.2, 0) is 14.3 Å². The predicted octanol–water partition coefficient (Wildman–Crippen LogP) is 1.17. The zero-order valence-electron chi connectivity index (χ0n) is 12.0. The third-order valence-corrected chi connectivity index (χ3v) is 3.07. The van der Waals surface area contributed by atoms with Crippen molar-refractivity contribution in [3.63, 3.8) is 0 Å². The molecule has 0 bridgehead atoms. The first-order chi connectivity index (χ1) is 8.78. The van der Waals surface area contributed by atoms with Crippen LogP contribution in [0, 0.1) is 5.92 Å². The average Bonchev–Trinajstić information content (AvgIpc) is 2.35. The van der Waals surface area contributed by atoms with Crippen molar-refractivity contribution in [2.45, 2.75) is 45.3 Å². The van der Waals surface area contributed by atoms with Crippen molar-refractivity contribution in [1.82, 2.24) is 4.90 Å². The molecule has 0 aromatic rings. The van der Waals surface area contributed by atoms with Crippen molar-refractivity contribution in [3.05, 3.63) is 0 Å². The summed E-state index contributed by atoms with van der Waals surface area (Å²) >= 11 is 0. The van der Waals surface area contributed by atoms with E-state index in [-0.39, 0.29) is 12.5 Å². The highest BCUT2D eigenvalue weighted by Gasteiger charge is 2.38. The molecule has 0 radical (unpaired) electrons. The number of amides is 1. The van der Waals surface area contributed by atoms with Gasteiger partial charge in [-0.2, -0.15) is 0 Å². The first-order valence-electron chi connectivity index (χ1n) is 6.46. The van der Waals surface area contributed by atoms with Crippen molar-refractivity contribution >= 4 is 12.1 Å². The molecule has 0 aromatic carbocycles. The Balaban J connectivity index is 2.79. The summed E-state index contributed by atoms with van der Waals surface area (Å²) in [6.07, 6.45) is 0.547. The van der Waals surface area contributed by atoms with Crippen LogP contribution in [0.5, 0.6) is 0 Å². The highest BCUT2D eigenvalue weighted by molar-refractivity contribution is 5.81. The molecule has 0 aliphatic carbocycles. The van der Waals surface area contributed by atoms with Crippen LogP contribution in [0.3, 0.4) is 0 Å². The molecule has 0 aromatic heterocycles. The van der Waals surface area contributed by atoms with E-state index in [1.165, 1.54) is 12.0 Å². The molecule has 1 fully saturated rings. The van der Waals surface area contributed by atoms with E-state index < -0.39 is 23.7 Å². The molecule has 1 aliphatic heterocycles. The lowest BCUT2D eigenvalue weighted by Gasteiger charge is -2.37. The Morgan fingerprint density at radius 2 is 2.00 bits per heavy atom. The van der Waals surface area contributed by atoms with Crippen LogP contribution in [-0.4, -0.2) is 54.0 Å². The lowest BCUT2D eigenvalue weighted by Crippen LogP contribution is -2.52. The van der Waals surface area contributed by atoms with Gasteiger partial charge in [-0.05, 0) is 39.5 Å². The zero-order valence-corrected chi connectivity index (χ0v) is 12.0. The number of esters is 1. The minimum absolute atomic E-state index is 0.00958. The van der Waals surface area contributed by atoms with E-state index in [1.807, 2.05) is 0 Å². The van der Waals surface area contributed by atoms with Gasteiger partial charge in [0.15, 0.2) is 0 Å². The van der Waals surface area contributed by atoms with Gasteiger partial charge in [0.25, 0.3) is 0 Å². The third kappa shape index (κ3) is 4.38. The fraction of sp³-hybridized carbons (Fsp3) is 0.846. The number of piperidine rings is 1. The Labute approximate surface area is 113 Å². The second-order valence-corrected chi connectivity index (χ2v) is 5.79. The number of ether oxygens (including phenoxy) is 2. The smallest absolute Gasteiger partial charge is 0.411 e. The van der Waals surface area contributed by atoms with Crippen molar-refractivity contribution < 1.29 is 24.2 Å². The number of likely N-dealkylation sites (tertiary alicyclic amines) is 1. The summed E-state index contributed by atoms with van der Waals surface area (Å²) in [5.41, 5.74) is -0.606. The van der Waals surface area contributed by atoms with Gasteiger partial charge in [0, 0.05) is 13.2 Å². The van der Waals surface area contributed by atoms with Gasteiger partial charge in [0.05, 0.1) is 7.11 Å². The van der Waals surface area contributed by atoms with Gasteiger partial charge >= 0.3 is 12.1 Å². The molecule has 110 valence electrons. The highest BCUT2D eigenvalue weighted by atomic mass is 16.6. The van der Waals surface area contributed by atoms with Crippen molar-refractivity contribution in [1.29, 1.82) is 0 Å². The summed E-state index contributed by atoms with van der Waals surface area (Å²) in [4.78, 5) is 25.2. The van der Waals surface area contributed by atoms with E-state index in [0.29, 0.717) is 19.4 Å². The van der Waals surface area contributed by atoms with Gasteiger partial charge in [0.1, 0.15) is 11.6 Å². The minimum Gasteiger partial charge on any atom is -0.467 e. The predicted molar refractivity (Wildman–Crippen MR) is 68.6 cm³/mol. The zero-order chi connectivity index (χ0) is 14.6. The molecule has 1 saturated heterocycles. The van der Waals surface area contributed by atoms with Gasteiger partial charge < -0.3 is 14.6 Å². The molecule has 1 aliphatic rings. The standard InChI is InChI=1S/C13H23NO5/c1-13(2,3)19-12(17)14-6-5-9(8-15)7-10(14)11(16)18-4/h9-10,15H,5-8H2,1-4H3. The van der Waals surface area contributed by atoms with Gasteiger partial charge in [-0.3, -0.25) is 4.90 Å². The normalized spacial score (nSPS) is 23.9. The summed E-state index contributed by atoms with van der Waals surface area (Å²) in [5.74, 6) is -0.452. The fourth-order valence-electron chi connectivity index (χ4n) is 2.10. The summed E-state index contributed by atoms with van der Waals surface area (Å²) in [5, 5.41) is 9.19. The van der Waals surface area contributed by atoms with E-state index in [4.69, 9.17) is 9.47 Å². The molecule has 0 spiro atoms. The fourth-order valence-corrected chi connectivity index (χ4v) is 2.10. The second kappa shape index (κ2) is 6.23. The van der Waals surface area contributed by atoms with Crippen LogP contribution in [0.1, 0.15) is 33.6 Å². The van der Waals surface area contributed by atoms with Crippen LogP contribution in [0.15, 0.2) is 0 Å². The molecule has 19 heavy (non-hydrogen) atoms. The van der Waals surface area contributed by atoms with E-state index in [0.717, 1.165) is 0 Å². The Morgan fingerprint density at radius 3 is 2.47 bits per heavy atom. The monoisotopic (exact) mass is 273 g/mol.